The fourth-order valence-corrected chi connectivity index (χ4v) is 2.88. The largest absolute Gasteiger partial charge is 0.496 e. The summed E-state index contributed by atoms with van der Waals surface area (Å²) in [6.45, 7) is 3.71. The minimum absolute atomic E-state index is 0.339. The summed E-state index contributed by atoms with van der Waals surface area (Å²) in [7, 11) is 1.52. The third-order valence-corrected chi connectivity index (χ3v) is 4.21. The van der Waals surface area contributed by atoms with Gasteiger partial charge in [0, 0.05) is 5.69 Å². The number of nitrogens with one attached hydrogen (secondary N) is 2. The highest BCUT2D eigenvalue weighted by atomic mass is 16.5. The van der Waals surface area contributed by atoms with E-state index in [1.165, 1.54) is 7.11 Å². The van der Waals surface area contributed by atoms with Crippen LogP contribution in [0.15, 0.2) is 60.7 Å². The van der Waals surface area contributed by atoms with Crippen LogP contribution in [0.4, 0.5) is 11.5 Å². The van der Waals surface area contributed by atoms with Crippen molar-refractivity contribution >= 4 is 23.3 Å². The average Bonchev–Trinajstić information content (AvgIpc) is 2.68. The molecule has 0 aliphatic heterocycles. The molecule has 2 aromatic carbocycles. The molecular formula is C22H21N3O3. The maximum atomic E-state index is 12.8. The van der Waals surface area contributed by atoms with E-state index < -0.39 is 0 Å². The number of benzene rings is 2. The first-order chi connectivity index (χ1) is 13.5. The fourth-order valence-electron chi connectivity index (χ4n) is 2.88. The molecule has 0 aliphatic carbocycles. The Morgan fingerprint density at radius 3 is 2.25 bits per heavy atom. The Balaban J connectivity index is 1.85. The highest BCUT2D eigenvalue weighted by molar-refractivity contribution is 6.13. The number of hydrogen-bond donors (Lipinski definition) is 2. The predicted molar refractivity (Wildman–Crippen MR) is 109 cm³/mol. The van der Waals surface area contributed by atoms with Gasteiger partial charge in [0.15, 0.2) is 0 Å². The zero-order valence-electron chi connectivity index (χ0n) is 15.9. The van der Waals surface area contributed by atoms with Crippen LogP contribution >= 0.6 is 0 Å². The van der Waals surface area contributed by atoms with Crippen molar-refractivity contribution in [1.82, 2.24) is 4.98 Å². The van der Waals surface area contributed by atoms with Gasteiger partial charge in [-0.1, -0.05) is 30.3 Å². The summed E-state index contributed by atoms with van der Waals surface area (Å²) in [4.78, 5) is 29.8. The van der Waals surface area contributed by atoms with Crippen LogP contribution in [0.1, 0.15) is 32.0 Å². The summed E-state index contributed by atoms with van der Waals surface area (Å²) in [5.41, 5.74) is 2.79. The first-order valence-corrected chi connectivity index (χ1v) is 8.78. The average molecular weight is 375 g/mol. The Bertz CT molecular complexity index is 1030. The number of para-hydroxylation sites is 2. The van der Waals surface area contributed by atoms with Gasteiger partial charge in [-0.05, 0) is 49.7 Å². The van der Waals surface area contributed by atoms with Gasteiger partial charge in [-0.3, -0.25) is 9.59 Å². The van der Waals surface area contributed by atoms with Crippen LogP contribution in [-0.4, -0.2) is 23.9 Å². The van der Waals surface area contributed by atoms with Gasteiger partial charge in [0.1, 0.15) is 11.6 Å². The van der Waals surface area contributed by atoms with Gasteiger partial charge in [0.2, 0.25) is 0 Å². The molecule has 142 valence electrons. The molecular weight excluding hydrogens is 354 g/mol. The second-order valence-electron chi connectivity index (χ2n) is 6.27. The van der Waals surface area contributed by atoms with Gasteiger partial charge < -0.3 is 15.4 Å². The summed E-state index contributed by atoms with van der Waals surface area (Å²) in [5, 5.41) is 5.56. The van der Waals surface area contributed by atoms with Gasteiger partial charge in [-0.25, -0.2) is 4.98 Å². The number of pyridine rings is 1. The summed E-state index contributed by atoms with van der Waals surface area (Å²) in [5.74, 6) is 0.247. The molecule has 0 radical (unpaired) electrons. The number of aromatic nitrogens is 1. The van der Waals surface area contributed by atoms with E-state index in [9.17, 15) is 9.59 Å². The number of methoxy groups -OCH3 is 1. The number of carbonyl (C=O) groups excluding carboxylic acids is 2. The lowest BCUT2D eigenvalue weighted by atomic mass is 10.1. The predicted octanol–water partition coefficient (Wildman–Crippen LogP) is 4.21. The van der Waals surface area contributed by atoms with Crippen LogP contribution in [0.25, 0.3) is 0 Å². The smallest absolute Gasteiger partial charge is 0.259 e. The lowest BCUT2D eigenvalue weighted by molar-refractivity contribution is 0.102. The Kier molecular flexibility index (Phi) is 5.69. The van der Waals surface area contributed by atoms with Crippen molar-refractivity contribution in [2.24, 2.45) is 0 Å². The molecule has 0 atom stereocenters. The number of nitrogens with zero attached hydrogens (tertiary/aromatic N) is 1. The summed E-state index contributed by atoms with van der Waals surface area (Å²) in [6, 6.07) is 17.5. The lowest BCUT2D eigenvalue weighted by Crippen LogP contribution is -2.19. The van der Waals surface area contributed by atoms with Crippen molar-refractivity contribution < 1.29 is 14.3 Å². The quantitative estimate of drug-likeness (QED) is 0.700. The normalized spacial score (nSPS) is 10.2. The highest BCUT2D eigenvalue weighted by Gasteiger charge is 2.18. The molecule has 0 unspecified atom stereocenters. The molecule has 6 nitrogen and oxygen atoms in total. The maximum Gasteiger partial charge on any atom is 0.259 e. The monoisotopic (exact) mass is 375 g/mol. The SMILES string of the molecule is COc1c(C)cccc1C(=O)Nc1ccccc1C(=O)Nc1cccc(C)n1. The number of anilines is 2. The lowest BCUT2D eigenvalue weighted by Gasteiger charge is -2.14. The zero-order chi connectivity index (χ0) is 20.1. The van der Waals surface area contributed by atoms with Gasteiger partial charge in [0.05, 0.1) is 23.9 Å². The van der Waals surface area contributed by atoms with Gasteiger partial charge in [-0.15, -0.1) is 0 Å². The molecule has 0 spiro atoms. The fraction of sp³-hybridized carbons (Fsp3) is 0.136. The van der Waals surface area contributed by atoms with Crippen molar-refractivity contribution in [3.8, 4) is 5.75 Å². The van der Waals surface area contributed by atoms with E-state index in [-0.39, 0.29) is 11.8 Å². The van der Waals surface area contributed by atoms with Crippen LogP contribution < -0.4 is 15.4 Å². The zero-order valence-corrected chi connectivity index (χ0v) is 15.9. The van der Waals surface area contributed by atoms with Crippen molar-refractivity contribution in [3.63, 3.8) is 0 Å². The second-order valence-corrected chi connectivity index (χ2v) is 6.27. The molecule has 3 aromatic rings. The van der Waals surface area contributed by atoms with Crippen LogP contribution in [0.3, 0.4) is 0 Å². The van der Waals surface area contributed by atoms with E-state index >= 15 is 0 Å². The molecule has 0 saturated heterocycles. The Labute approximate surface area is 163 Å². The Hall–Kier alpha value is -3.67. The summed E-state index contributed by atoms with van der Waals surface area (Å²) < 4.78 is 5.35. The number of hydrogen-bond acceptors (Lipinski definition) is 4. The second kappa shape index (κ2) is 8.35. The van der Waals surface area contributed by atoms with E-state index in [1.807, 2.05) is 32.0 Å². The van der Waals surface area contributed by atoms with Crippen molar-refractivity contribution in [2.45, 2.75) is 13.8 Å². The number of carbonyl (C=O) groups is 2. The first kappa shape index (κ1) is 19.1. The third-order valence-electron chi connectivity index (χ3n) is 4.21. The molecule has 1 heterocycles. The maximum absolute atomic E-state index is 12.8. The topological polar surface area (TPSA) is 80.3 Å². The van der Waals surface area contributed by atoms with Crippen LogP contribution in [0.5, 0.6) is 5.75 Å². The molecule has 28 heavy (non-hydrogen) atoms. The molecule has 3 rings (SSSR count). The number of rotatable bonds is 5. The van der Waals surface area contributed by atoms with Gasteiger partial charge >= 0.3 is 0 Å². The number of ether oxygens (including phenoxy) is 1. The molecule has 6 heteroatoms. The molecule has 0 fully saturated rings. The molecule has 1 aromatic heterocycles. The number of amides is 2. The summed E-state index contributed by atoms with van der Waals surface area (Å²) in [6.07, 6.45) is 0. The number of aryl methyl sites for hydroxylation is 2. The van der Waals surface area contributed by atoms with E-state index in [1.54, 1.807) is 42.5 Å². The summed E-state index contributed by atoms with van der Waals surface area (Å²) >= 11 is 0. The standard InChI is InChI=1S/C22H21N3O3/c1-14-8-6-11-17(20(14)28-3)22(27)24-18-12-5-4-10-16(18)21(26)25-19-13-7-9-15(2)23-19/h4-13H,1-3H3,(H,24,27)(H,23,25,26). The highest BCUT2D eigenvalue weighted by Crippen LogP contribution is 2.25. The van der Waals surface area contributed by atoms with E-state index in [4.69, 9.17) is 4.74 Å². The van der Waals surface area contributed by atoms with E-state index in [0.29, 0.717) is 28.4 Å². The molecule has 2 amide bonds. The molecule has 0 saturated carbocycles. The molecule has 2 N–H and O–H groups in total. The Morgan fingerprint density at radius 2 is 1.50 bits per heavy atom. The van der Waals surface area contributed by atoms with Gasteiger partial charge in [0.25, 0.3) is 11.8 Å². The van der Waals surface area contributed by atoms with Crippen molar-refractivity contribution in [2.75, 3.05) is 17.7 Å². The van der Waals surface area contributed by atoms with Crippen LogP contribution in [-0.2, 0) is 0 Å². The van der Waals surface area contributed by atoms with Gasteiger partial charge in [-0.2, -0.15) is 0 Å². The van der Waals surface area contributed by atoms with Crippen LogP contribution in [0.2, 0.25) is 0 Å². The van der Waals surface area contributed by atoms with E-state index in [2.05, 4.69) is 15.6 Å². The Morgan fingerprint density at radius 1 is 0.821 bits per heavy atom. The van der Waals surface area contributed by atoms with Crippen molar-refractivity contribution in [3.05, 3.63) is 83.0 Å². The molecule has 0 aliphatic rings. The minimum Gasteiger partial charge on any atom is -0.496 e. The third kappa shape index (κ3) is 4.17. The van der Waals surface area contributed by atoms with E-state index in [0.717, 1.165) is 11.3 Å². The first-order valence-electron chi connectivity index (χ1n) is 8.78. The molecule has 0 bridgehead atoms. The van der Waals surface area contributed by atoms with Crippen LogP contribution in [0, 0.1) is 13.8 Å². The van der Waals surface area contributed by atoms with Crippen molar-refractivity contribution in [1.29, 1.82) is 0 Å². The minimum atomic E-state index is -0.356.